The molecule has 0 fully saturated rings. The smallest absolute Gasteiger partial charge is 0.267 e. The summed E-state index contributed by atoms with van der Waals surface area (Å²) in [4.78, 5) is 17.1. The molecule has 30 heavy (non-hydrogen) atoms. The largest absolute Gasteiger partial charge is 0.390 e. The molecule has 0 aromatic rings. The highest BCUT2D eigenvalue weighted by atomic mass is 32.2. The number of aliphatic imine (C=N–C) groups is 1. The van der Waals surface area contributed by atoms with Gasteiger partial charge in [-0.3, -0.25) is 13.8 Å². The van der Waals surface area contributed by atoms with Crippen molar-refractivity contribution in [3.8, 4) is 0 Å². The van der Waals surface area contributed by atoms with Crippen molar-refractivity contribution in [3.63, 3.8) is 0 Å². The number of nitrogens with zero attached hydrogens (tertiary/aromatic N) is 2. The first-order valence-corrected chi connectivity index (χ1v) is 12.7. The van der Waals surface area contributed by atoms with Crippen molar-refractivity contribution in [2.45, 2.75) is 70.8 Å². The van der Waals surface area contributed by atoms with E-state index in [4.69, 9.17) is 4.55 Å². The first-order chi connectivity index (χ1) is 14.2. The molecule has 1 heterocycles. The van der Waals surface area contributed by atoms with Gasteiger partial charge in [-0.2, -0.15) is 8.42 Å². The Morgan fingerprint density at radius 2 is 1.83 bits per heavy atom. The highest BCUT2D eigenvalue weighted by Crippen LogP contribution is 2.20. The Balaban J connectivity index is 2.46. The number of rotatable bonds is 17. The number of carbonyl (C=O) groups excluding carboxylic acids is 1. The van der Waals surface area contributed by atoms with E-state index in [-0.39, 0.29) is 30.0 Å². The van der Waals surface area contributed by atoms with Gasteiger partial charge in [0.15, 0.2) is 0 Å². The maximum Gasteiger partial charge on any atom is 0.267 e. The van der Waals surface area contributed by atoms with Crippen LogP contribution in [0, 0.1) is 0 Å². The van der Waals surface area contributed by atoms with Crippen molar-refractivity contribution in [2.24, 2.45) is 4.99 Å². The highest BCUT2D eigenvalue weighted by Gasteiger charge is 2.43. The van der Waals surface area contributed by atoms with Crippen LogP contribution in [-0.2, 0) is 14.9 Å². The van der Waals surface area contributed by atoms with E-state index in [2.05, 4.69) is 24.1 Å². The second kappa shape index (κ2) is 14.0. The van der Waals surface area contributed by atoms with Crippen molar-refractivity contribution in [1.82, 2.24) is 0 Å². The Morgan fingerprint density at radius 1 is 1.17 bits per heavy atom. The summed E-state index contributed by atoms with van der Waals surface area (Å²) in [5, 5.41) is 19.6. The fourth-order valence-corrected chi connectivity index (χ4v) is 4.52. The van der Waals surface area contributed by atoms with Gasteiger partial charge >= 0.3 is 0 Å². The highest BCUT2D eigenvalue weighted by molar-refractivity contribution is 7.85. The maximum absolute atomic E-state index is 12.8. The minimum Gasteiger partial charge on any atom is -0.390 e. The first kappa shape index (κ1) is 26.9. The molecule has 0 saturated carbocycles. The fourth-order valence-electron chi connectivity index (χ4n) is 3.93. The van der Waals surface area contributed by atoms with Crippen LogP contribution in [0.15, 0.2) is 17.1 Å². The number of aliphatic hydroxyl groups is 2. The first-order valence-electron chi connectivity index (χ1n) is 11.1. The molecular formula is C21H39N2O6S+. The summed E-state index contributed by atoms with van der Waals surface area (Å²) >= 11 is 0. The molecule has 0 aromatic carbocycles. The molecule has 2 atom stereocenters. The molecule has 8 nitrogen and oxygen atoms in total. The summed E-state index contributed by atoms with van der Waals surface area (Å²) in [7, 11) is -4.33. The molecule has 2 unspecified atom stereocenters. The van der Waals surface area contributed by atoms with Crippen LogP contribution in [0.5, 0.6) is 0 Å². The standard InChI is InChI=1S/C21H38N2O6S/c1-2-3-4-5-6-7-8-9-10-11-12-20(26)21-22-13-14-23(21,15-16-24)17-19(25)18-30(27,28)29/h4-5,19,24-25H,2-3,6-18H2,1H3/p+1/b5-4+. The van der Waals surface area contributed by atoms with E-state index in [1.165, 1.54) is 6.42 Å². The molecule has 0 saturated heterocycles. The quantitative estimate of drug-likeness (QED) is 0.136. The van der Waals surface area contributed by atoms with Gasteiger partial charge < -0.3 is 10.2 Å². The molecule has 3 N–H and O–H groups in total. The Labute approximate surface area is 181 Å². The lowest BCUT2D eigenvalue weighted by molar-refractivity contribution is -0.837. The van der Waals surface area contributed by atoms with Gasteiger partial charge in [0, 0.05) is 6.42 Å². The number of hydrogen-bond acceptors (Lipinski definition) is 6. The number of quaternary nitrogens is 1. The molecule has 0 aliphatic carbocycles. The average Bonchev–Trinajstić information content (AvgIpc) is 3.04. The third kappa shape index (κ3) is 10.3. The SMILES string of the molecule is CCC/C=C/CCCCCCCC(=O)C1=NCC[N+]1(CCO)CC(O)CS(=O)(=O)O. The van der Waals surface area contributed by atoms with Gasteiger partial charge in [-0.25, -0.2) is 4.99 Å². The zero-order chi connectivity index (χ0) is 22.5. The summed E-state index contributed by atoms with van der Waals surface area (Å²) < 4.78 is 31.0. The second-order valence-electron chi connectivity index (χ2n) is 8.10. The molecular weight excluding hydrogens is 408 g/mol. The maximum atomic E-state index is 12.8. The number of ketones is 1. The monoisotopic (exact) mass is 447 g/mol. The lowest BCUT2D eigenvalue weighted by Gasteiger charge is -2.34. The van der Waals surface area contributed by atoms with Crippen LogP contribution < -0.4 is 0 Å². The van der Waals surface area contributed by atoms with Crippen LogP contribution >= 0.6 is 0 Å². The summed E-state index contributed by atoms with van der Waals surface area (Å²) in [5.41, 5.74) is 0. The van der Waals surface area contributed by atoms with Crippen molar-refractivity contribution in [2.75, 3.05) is 38.5 Å². The van der Waals surface area contributed by atoms with Crippen LogP contribution in [0.25, 0.3) is 0 Å². The van der Waals surface area contributed by atoms with E-state index in [0.29, 0.717) is 25.3 Å². The van der Waals surface area contributed by atoms with Crippen LogP contribution in [0.2, 0.25) is 0 Å². The minimum atomic E-state index is -4.33. The number of unbranched alkanes of at least 4 members (excludes halogenated alkanes) is 6. The van der Waals surface area contributed by atoms with Crippen LogP contribution in [-0.4, -0.2) is 83.9 Å². The Bertz CT molecular complexity index is 677. The lowest BCUT2D eigenvalue weighted by atomic mass is 10.1. The summed E-state index contributed by atoms with van der Waals surface area (Å²) in [6.07, 6.45) is 12.0. The van der Waals surface area contributed by atoms with E-state index in [1.807, 2.05) is 0 Å². The Morgan fingerprint density at radius 3 is 2.50 bits per heavy atom. The molecule has 1 aliphatic rings. The van der Waals surface area contributed by atoms with E-state index in [1.54, 1.807) is 0 Å². The number of Topliss-reactive ketones (excluding diaryl/α,β-unsaturated/α-hetero) is 1. The number of allylic oxidation sites excluding steroid dienone is 2. The molecule has 1 rings (SSSR count). The predicted molar refractivity (Wildman–Crippen MR) is 118 cm³/mol. The number of amidine groups is 1. The van der Waals surface area contributed by atoms with E-state index >= 15 is 0 Å². The molecule has 174 valence electrons. The van der Waals surface area contributed by atoms with Crippen molar-refractivity contribution in [3.05, 3.63) is 12.2 Å². The van der Waals surface area contributed by atoms with Gasteiger partial charge in [0.05, 0.1) is 13.2 Å². The topological polar surface area (TPSA) is 124 Å². The summed E-state index contributed by atoms with van der Waals surface area (Å²) in [6.45, 7) is 2.88. The van der Waals surface area contributed by atoms with E-state index in [9.17, 15) is 23.4 Å². The van der Waals surface area contributed by atoms with Gasteiger partial charge in [-0.1, -0.05) is 44.8 Å². The van der Waals surface area contributed by atoms with Crippen LogP contribution in [0.3, 0.4) is 0 Å². The zero-order valence-electron chi connectivity index (χ0n) is 18.2. The van der Waals surface area contributed by atoms with E-state index < -0.39 is 22.0 Å². The summed E-state index contributed by atoms with van der Waals surface area (Å²) in [6, 6.07) is 0. The molecule has 9 heteroatoms. The third-order valence-corrected chi connectivity index (χ3v) is 6.18. The predicted octanol–water partition coefficient (Wildman–Crippen LogP) is 2.11. The minimum absolute atomic E-state index is 0.0316. The lowest BCUT2D eigenvalue weighted by Crippen LogP contribution is -2.59. The zero-order valence-corrected chi connectivity index (χ0v) is 19.0. The van der Waals surface area contributed by atoms with Crippen LogP contribution in [0.4, 0.5) is 0 Å². The fraction of sp³-hybridized carbons (Fsp3) is 0.810. The van der Waals surface area contributed by atoms with Crippen LogP contribution in [0.1, 0.15) is 64.7 Å². The number of hydrogen-bond donors (Lipinski definition) is 3. The van der Waals surface area contributed by atoms with Gasteiger partial charge in [0.1, 0.15) is 31.5 Å². The number of aliphatic hydroxyl groups excluding tert-OH is 2. The van der Waals surface area contributed by atoms with Gasteiger partial charge in [0.2, 0.25) is 5.78 Å². The molecule has 0 aromatic heterocycles. The molecule has 0 radical (unpaired) electrons. The van der Waals surface area contributed by atoms with E-state index in [0.717, 1.165) is 44.9 Å². The van der Waals surface area contributed by atoms with Gasteiger partial charge in [-0.15, -0.1) is 0 Å². The second-order valence-corrected chi connectivity index (χ2v) is 9.59. The van der Waals surface area contributed by atoms with Gasteiger partial charge in [-0.05, 0) is 25.7 Å². The normalized spacial score (nSPS) is 20.6. The summed E-state index contributed by atoms with van der Waals surface area (Å²) in [5.74, 6) is -0.602. The number of carbonyl (C=O) groups is 1. The third-order valence-electron chi connectivity index (χ3n) is 5.38. The van der Waals surface area contributed by atoms with Gasteiger partial charge in [0.25, 0.3) is 16.0 Å². The van der Waals surface area contributed by atoms with Crippen molar-refractivity contribution < 1.29 is 32.5 Å². The molecule has 0 spiro atoms. The molecule has 1 aliphatic heterocycles. The Hall–Kier alpha value is -1.13. The molecule has 0 amide bonds. The Kier molecular flexibility index (Phi) is 12.6. The average molecular weight is 448 g/mol. The molecule has 0 bridgehead atoms. The van der Waals surface area contributed by atoms with Crippen molar-refractivity contribution in [1.29, 1.82) is 0 Å². The van der Waals surface area contributed by atoms with Crippen molar-refractivity contribution >= 4 is 21.7 Å².